The largest absolute Gasteiger partial charge is 0.297 e. The van der Waals surface area contributed by atoms with Crippen molar-refractivity contribution in [2.75, 3.05) is 13.6 Å². The fourth-order valence-electron chi connectivity index (χ4n) is 2.77. The molecule has 2 heteroatoms. The van der Waals surface area contributed by atoms with Crippen LogP contribution in [0.1, 0.15) is 40.0 Å². The summed E-state index contributed by atoms with van der Waals surface area (Å²) < 4.78 is 13.3. The molecule has 1 aliphatic heterocycles. The first kappa shape index (κ1) is 11.0. The Morgan fingerprint density at radius 3 is 2.46 bits per heavy atom. The minimum absolute atomic E-state index is 0.133. The summed E-state index contributed by atoms with van der Waals surface area (Å²) in [6.45, 7) is 7.23. The van der Waals surface area contributed by atoms with Crippen LogP contribution in [-0.4, -0.2) is 30.2 Å². The zero-order valence-electron chi connectivity index (χ0n) is 9.31. The van der Waals surface area contributed by atoms with Crippen LogP contribution in [0.3, 0.4) is 0 Å². The molecule has 1 saturated heterocycles. The SMILES string of the molecule is CCCC1(C(C)C)CC(F)CN1C. The summed E-state index contributed by atoms with van der Waals surface area (Å²) in [6.07, 6.45) is 2.39. The Balaban J connectivity index is 2.77. The third-order valence-corrected chi connectivity index (χ3v) is 3.56. The van der Waals surface area contributed by atoms with E-state index in [0.717, 1.165) is 19.3 Å². The Bertz CT molecular complexity index is 169. The lowest BCUT2D eigenvalue weighted by molar-refractivity contribution is 0.103. The number of alkyl halides is 1. The lowest BCUT2D eigenvalue weighted by Crippen LogP contribution is -2.45. The van der Waals surface area contributed by atoms with Crippen LogP contribution in [0.4, 0.5) is 4.39 Å². The van der Waals surface area contributed by atoms with Gasteiger partial charge in [-0.15, -0.1) is 0 Å². The van der Waals surface area contributed by atoms with E-state index in [1.54, 1.807) is 0 Å². The van der Waals surface area contributed by atoms with Gasteiger partial charge in [-0.05, 0) is 25.8 Å². The number of hydrogen-bond acceptors (Lipinski definition) is 1. The first-order chi connectivity index (χ1) is 6.03. The fourth-order valence-corrected chi connectivity index (χ4v) is 2.77. The van der Waals surface area contributed by atoms with Crippen molar-refractivity contribution in [2.45, 2.75) is 51.7 Å². The van der Waals surface area contributed by atoms with Crippen molar-refractivity contribution >= 4 is 0 Å². The number of rotatable bonds is 3. The van der Waals surface area contributed by atoms with E-state index < -0.39 is 6.17 Å². The lowest BCUT2D eigenvalue weighted by atomic mass is 9.80. The van der Waals surface area contributed by atoms with Gasteiger partial charge in [-0.1, -0.05) is 27.2 Å². The van der Waals surface area contributed by atoms with Gasteiger partial charge in [-0.3, -0.25) is 4.90 Å². The third kappa shape index (κ3) is 1.88. The van der Waals surface area contributed by atoms with E-state index in [0.29, 0.717) is 12.5 Å². The van der Waals surface area contributed by atoms with Crippen LogP contribution in [0.5, 0.6) is 0 Å². The van der Waals surface area contributed by atoms with Gasteiger partial charge in [0.05, 0.1) is 0 Å². The van der Waals surface area contributed by atoms with Crippen LogP contribution in [-0.2, 0) is 0 Å². The minimum Gasteiger partial charge on any atom is -0.297 e. The number of halogens is 1. The van der Waals surface area contributed by atoms with Crippen molar-refractivity contribution in [1.29, 1.82) is 0 Å². The molecule has 78 valence electrons. The first-order valence-electron chi connectivity index (χ1n) is 5.38. The molecule has 0 amide bonds. The topological polar surface area (TPSA) is 3.24 Å². The highest BCUT2D eigenvalue weighted by Gasteiger charge is 2.45. The van der Waals surface area contributed by atoms with Gasteiger partial charge in [0.1, 0.15) is 6.17 Å². The maximum Gasteiger partial charge on any atom is 0.115 e. The van der Waals surface area contributed by atoms with Gasteiger partial charge < -0.3 is 0 Å². The maximum atomic E-state index is 13.3. The average molecular weight is 187 g/mol. The Morgan fingerprint density at radius 2 is 2.15 bits per heavy atom. The Kier molecular flexibility index (Phi) is 3.33. The van der Waals surface area contributed by atoms with E-state index in [2.05, 4.69) is 32.7 Å². The standard InChI is InChI=1S/C11H22FN/c1-5-6-11(9(2)3)7-10(12)8-13(11)4/h9-10H,5-8H2,1-4H3. The smallest absolute Gasteiger partial charge is 0.115 e. The molecule has 1 heterocycles. The highest BCUT2D eigenvalue weighted by molar-refractivity contribution is 4.99. The summed E-state index contributed by atoms with van der Waals surface area (Å²) in [6, 6.07) is 0. The first-order valence-corrected chi connectivity index (χ1v) is 5.38. The van der Waals surface area contributed by atoms with Crippen molar-refractivity contribution in [3.8, 4) is 0 Å². The van der Waals surface area contributed by atoms with E-state index in [4.69, 9.17) is 0 Å². The summed E-state index contributed by atoms with van der Waals surface area (Å²) in [5.41, 5.74) is 0.133. The number of nitrogens with zero attached hydrogens (tertiary/aromatic N) is 1. The second-order valence-corrected chi connectivity index (χ2v) is 4.69. The Hall–Kier alpha value is -0.110. The predicted octanol–water partition coefficient (Wildman–Crippen LogP) is 2.85. The minimum atomic E-state index is -0.612. The van der Waals surface area contributed by atoms with E-state index >= 15 is 0 Å². The molecule has 0 bridgehead atoms. The van der Waals surface area contributed by atoms with E-state index in [1.807, 2.05) is 0 Å². The monoisotopic (exact) mass is 187 g/mol. The summed E-state index contributed by atoms with van der Waals surface area (Å²) in [7, 11) is 2.06. The second kappa shape index (κ2) is 3.95. The summed E-state index contributed by atoms with van der Waals surface area (Å²) in [4.78, 5) is 2.23. The van der Waals surface area contributed by atoms with Gasteiger partial charge in [-0.25, -0.2) is 4.39 Å². The molecule has 0 radical (unpaired) electrons. The zero-order valence-corrected chi connectivity index (χ0v) is 9.31. The molecule has 0 N–H and O–H groups in total. The average Bonchev–Trinajstić information content (AvgIpc) is 2.28. The lowest BCUT2D eigenvalue weighted by Gasteiger charge is -2.39. The molecule has 1 fully saturated rings. The highest BCUT2D eigenvalue weighted by Crippen LogP contribution is 2.39. The van der Waals surface area contributed by atoms with Crippen LogP contribution in [0.15, 0.2) is 0 Å². The summed E-state index contributed by atoms with van der Waals surface area (Å²) >= 11 is 0. The molecule has 0 saturated carbocycles. The van der Waals surface area contributed by atoms with Crippen LogP contribution in [0.2, 0.25) is 0 Å². The molecular formula is C11H22FN. The van der Waals surface area contributed by atoms with Gasteiger partial charge in [0.2, 0.25) is 0 Å². The number of hydrogen-bond donors (Lipinski definition) is 0. The quantitative estimate of drug-likeness (QED) is 0.656. The van der Waals surface area contributed by atoms with E-state index in [9.17, 15) is 4.39 Å². The molecule has 0 aromatic heterocycles. The molecule has 0 aliphatic carbocycles. The van der Waals surface area contributed by atoms with Gasteiger partial charge in [0.15, 0.2) is 0 Å². The maximum absolute atomic E-state index is 13.3. The van der Waals surface area contributed by atoms with Crippen LogP contribution < -0.4 is 0 Å². The Labute approximate surface area is 81.3 Å². The molecule has 2 atom stereocenters. The van der Waals surface area contributed by atoms with Crippen LogP contribution in [0.25, 0.3) is 0 Å². The van der Waals surface area contributed by atoms with E-state index in [-0.39, 0.29) is 5.54 Å². The molecule has 13 heavy (non-hydrogen) atoms. The predicted molar refractivity (Wildman–Crippen MR) is 54.6 cm³/mol. The van der Waals surface area contributed by atoms with Crippen LogP contribution in [0, 0.1) is 5.92 Å². The molecule has 2 unspecified atom stereocenters. The molecule has 1 rings (SSSR count). The third-order valence-electron chi connectivity index (χ3n) is 3.56. The fraction of sp³-hybridized carbons (Fsp3) is 1.00. The summed E-state index contributed by atoms with van der Waals surface area (Å²) in [5, 5.41) is 0. The Morgan fingerprint density at radius 1 is 1.54 bits per heavy atom. The molecule has 0 aromatic rings. The summed E-state index contributed by atoms with van der Waals surface area (Å²) in [5.74, 6) is 0.554. The van der Waals surface area contributed by atoms with Crippen molar-refractivity contribution in [3.63, 3.8) is 0 Å². The zero-order chi connectivity index (χ0) is 10.1. The van der Waals surface area contributed by atoms with Gasteiger partial charge in [0, 0.05) is 12.1 Å². The van der Waals surface area contributed by atoms with Crippen molar-refractivity contribution in [1.82, 2.24) is 4.90 Å². The van der Waals surface area contributed by atoms with Crippen molar-refractivity contribution < 1.29 is 4.39 Å². The normalized spacial score (nSPS) is 36.0. The molecule has 0 aromatic carbocycles. The van der Waals surface area contributed by atoms with E-state index in [1.165, 1.54) is 0 Å². The van der Waals surface area contributed by atoms with Crippen molar-refractivity contribution in [3.05, 3.63) is 0 Å². The van der Waals surface area contributed by atoms with Gasteiger partial charge in [0.25, 0.3) is 0 Å². The highest BCUT2D eigenvalue weighted by atomic mass is 19.1. The molecular weight excluding hydrogens is 165 g/mol. The van der Waals surface area contributed by atoms with Gasteiger partial charge >= 0.3 is 0 Å². The molecule has 0 spiro atoms. The molecule has 1 nitrogen and oxygen atoms in total. The van der Waals surface area contributed by atoms with Crippen molar-refractivity contribution in [2.24, 2.45) is 5.92 Å². The number of likely N-dealkylation sites (tertiary alicyclic amines) is 1. The second-order valence-electron chi connectivity index (χ2n) is 4.69. The van der Waals surface area contributed by atoms with Crippen LogP contribution >= 0.6 is 0 Å². The molecule has 1 aliphatic rings. The van der Waals surface area contributed by atoms with Gasteiger partial charge in [-0.2, -0.15) is 0 Å².